The summed E-state index contributed by atoms with van der Waals surface area (Å²) in [6.07, 6.45) is 4.43. The van der Waals surface area contributed by atoms with Crippen LogP contribution < -0.4 is 16.0 Å². The van der Waals surface area contributed by atoms with Crippen LogP contribution in [0.4, 0.5) is 0 Å². The summed E-state index contributed by atoms with van der Waals surface area (Å²) in [5.74, 6) is -2.36. The second-order valence-corrected chi connectivity index (χ2v) is 15.3. The third kappa shape index (κ3) is 18.7. The summed E-state index contributed by atoms with van der Waals surface area (Å²) in [7, 11) is 0. The largest absolute Gasteiger partial charge is 0.481 e. The Morgan fingerprint density at radius 2 is 1.34 bits per heavy atom. The molecule has 0 aromatic carbocycles. The van der Waals surface area contributed by atoms with Gasteiger partial charge >= 0.3 is 5.97 Å². The van der Waals surface area contributed by atoms with Gasteiger partial charge in [0.05, 0.1) is 42.3 Å². The maximum atomic E-state index is 12.9. The molecular weight excluding hydrogens is 562 g/mol. The predicted octanol–water partition coefficient (Wildman–Crippen LogP) is 5.27. The van der Waals surface area contributed by atoms with Crippen LogP contribution in [-0.4, -0.2) is 77.8 Å². The second kappa shape index (κ2) is 18.8. The minimum atomic E-state index is -0.979. The van der Waals surface area contributed by atoms with Gasteiger partial charge in [0.25, 0.3) is 0 Å². The molecule has 0 aliphatic carbocycles. The van der Waals surface area contributed by atoms with E-state index < -0.39 is 34.4 Å². The molecule has 0 fully saturated rings. The first-order valence-corrected chi connectivity index (χ1v) is 16.4. The van der Waals surface area contributed by atoms with Gasteiger partial charge in [0, 0.05) is 30.5 Å². The summed E-state index contributed by atoms with van der Waals surface area (Å²) in [4.78, 5) is 48.9. The molecule has 258 valence electrons. The molecule has 0 aliphatic heterocycles. The summed E-state index contributed by atoms with van der Waals surface area (Å²) in [6, 6.07) is -0.201. The normalized spacial score (nSPS) is 14.9. The van der Waals surface area contributed by atoms with E-state index in [1.165, 1.54) is 0 Å². The number of carboxylic acid groups (broad SMARTS) is 1. The first-order chi connectivity index (χ1) is 20.0. The Bertz CT molecular complexity index is 904. The predicted molar refractivity (Wildman–Crippen MR) is 176 cm³/mol. The van der Waals surface area contributed by atoms with Gasteiger partial charge in [-0.15, -0.1) is 0 Å². The standard InChI is InChI=1S/C34H65N3O7/c1-13-25(24(2)30(41)42)29(40)36-21-23-44-34(11,12)19-22-43-33(9,10)18-17-27(38)35-20-15-14-16-26(37-32(6,7)8)28(39)31(3,4)5/h24-26,37H,13-23H2,1-12H3,(H,35,38)(H,36,40)(H,41,42)/t24?,25?,26-/m0/s1. The fraction of sp³-hybridized carbons (Fsp3) is 0.882. The molecule has 0 saturated carbocycles. The van der Waals surface area contributed by atoms with Gasteiger partial charge < -0.3 is 30.5 Å². The van der Waals surface area contributed by atoms with Crippen molar-refractivity contribution in [3.05, 3.63) is 0 Å². The number of hydrogen-bond acceptors (Lipinski definition) is 7. The molecule has 0 rings (SSSR count). The number of amides is 2. The van der Waals surface area contributed by atoms with Crippen LogP contribution in [0.2, 0.25) is 0 Å². The van der Waals surface area contributed by atoms with Gasteiger partial charge in [-0.2, -0.15) is 0 Å². The number of aliphatic carboxylic acids is 1. The van der Waals surface area contributed by atoms with Gasteiger partial charge in [0.15, 0.2) is 5.78 Å². The van der Waals surface area contributed by atoms with Crippen LogP contribution in [0.3, 0.4) is 0 Å². The highest BCUT2D eigenvalue weighted by atomic mass is 16.5. The third-order valence-electron chi connectivity index (χ3n) is 7.72. The van der Waals surface area contributed by atoms with Gasteiger partial charge in [0.1, 0.15) is 0 Å². The van der Waals surface area contributed by atoms with Crippen molar-refractivity contribution in [2.45, 2.75) is 151 Å². The maximum absolute atomic E-state index is 12.9. The summed E-state index contributed by atoms with van der Waals surface area (Å²) >= 11 is 0. The van der Waals surface area contributed by atoms with Crippen molar-refractivity contribution in [2.75, 3.05) is 26.3 Å². The molecule has 0 saturated heterocycles. The van der Waals surface area contributed by atoms with E-state index in [0.717, 1.165) is 19.3 Å². The number of nitrogens with one attached hydrogen (secondary N) is 3. The molecule has 0 aliphatic rings. The molecule has 44 heavy (non-hydrogen) atoms. The Hall–Kier alpha value is -2.04. The average Bonchev–Trinajstić information content (AvgIpc) is 2.87. The number of hydrogen-bond donors (Lipinski definition) is 4. The number of unbranched alkanes of at least 4 members (excludes halogenated alkanes) is 1. The molecule has 0 aromatic rings. The Morgan fingerprint density at radius 3 is 1.86 bits per heavy atom. The van der Waals surface area contributed by atoms with E-state index in [2.05, 4.69) is 36.7 Å². The summed E-state index contributed by atoms with van der Waals surface area (Å²) in [6.45, 7) is 24.9. The molecular formula is C34H65N3O7. The van der Waals surface area contributed by atoms with Crippen molar-refractivity contribution in [3.8, 4) is 0 Å². The number of carbonyl (C=O) groups excluding carboxylic acids is 3. The lowest BCUT2D eigenvalue weighted by Gasteiger charge is -2.32. The van der Waals surface area contributed by atoms with E-state index in [4.69, 9.17) is 9.47 Å². The van der Waals surface area contributed by atoms with Crippen molar-refractivity contribution in [3.63, 3.8) is 0 Å². The fourth-order valence-electron chi connectivity index (χ4n) is 4.81. The Labute approximate surface area is 267 Å². The summed E-state index contributed by atoms with van der Waals surface area (Å²) < 4.78 is 12.0. The first-order valence-electron chi connectivity index (χ1n) is 16.4. The van der Waals surface area contributed by atoms with Gasteiger partial charge in [-0.25, -0.2) is 0 Å². The van der Waals surface area contributed by atoms with Crippen LogP contribution in [0.25, 0.3) is 0 Å². The molecule has 0 spiro atoms. The molecule has 0 heterocycles. The van der Waals surface area contributed by atoms with Crippen molar-refractivity contribution < 1.29 is 33.8 Å². The first kappa shape index (κ1) is 42.0. The minimum Gasteiger partial charge on any atom is -0.481 e. The van der Waals surface area contributed by atoms with Crippen LogP contribution in [0.5, 0.6) is 0 Å². The average molecular weight is 628 g/mol. The summed E-state index contributed by atoms with van der Waals surface area (Å²) in [5, 5.41) is 18.4. The molecule has 4 N–H and O–H groups in total. The van der Waals surface area contributed by atoms with Gasteiger partial charge in [0.2, 0.25) is 11.8 Å². The summed E-state index contributed by atoms with van der Waals surface area (Å²) in [5.41, 5.74) is -1.51. The highest BCUT2D eigenvalue weighted by Crippen LogP contribution is 2.22. The van der Waals surface area contributed by atoms with Gasteiger partial charge in [-0.1, -0.05) is 34.6 Å². The second-order valence-electron chi connectivity index (χ2n) is 15.3. The number of ether oxygens (including phenoxy) is 2. The molecule has 2 unspecified atom stereocenters. The zero-order chi connectivity index (χ0) is 34.4. The smallest absolute Gasteiger partial charge is 0.307 e. The lowest BCUT2D eigenvalue weighted by atomic mass is 9.84. The monoisotopic (exact) mass is 627 g/mol. The van der Waals surface area contributed by atoms with Crippen LogP contribution in [0.15, 0.2) is 0 Å². The SMILES string of the molecule is CCC(C(=O)NCCOC(C)(C)CCOC(C)(C)CCC(=O)NCCCC[C@H](NC(C)(C)C)C(=O)C(C)(C)C)C(C)C(=O)O. The van der Waals surface area contributed by atoms with E-state index in [0.29, 0.717) is 52.0 Å². The van der Waals surface area contributed by atoms with E-state index in [1.807, 2.05) is 48.5 Å². The molecule has 0 bridgehead atoms. The van der Waals surface area contributed by atoms with E-state index >= 15 is 0 Å². The van der Waals surface area contributed by atoms with Crippen LogP contribution in [0.1, 0.15) is 128 Å². The number of ketones is 1. The van der Waals surface area contributed by atoms with Crippen molar-refractivity contribution >= 4 is 23.6 Å². The molecule has 3 atom stereocenters. The van der Waals surface area contributed by atoms with Gasteiger partial charge in [-0.05, 0) is 87.0 Å². The number of rotatable bonds is 22. The van der Waals surface area contributed by atoms with Crippen LogP contribution >= 0.6 is 0 Å². The lowest BCUT2D eigenvalue weighted by Crippen LogP contribution is -2.50. The van der Waals surface area contributed by atoms with Crippen LogP contribution in [0, 0.1) is 17.3 Å². The highest BCUT2D eigenvalue weighted by molar-refractivity contribution is 5.88. The molecule has 10 nitrogen and oxygen atoms in total. The fourth-order valence-corrected chi connectivity index (χ4v) is 4.81. The van der Waals surface area contributed by atoms with Crippen molar-refractivity contribution in [1.82, 2.24) is 16.0 Å². The Morgan fingerprint density at radius 1 is 0.773 bits per heavy atom. The molecule has 2 amide bonds. The molecule has 0 aromatic heterocycles. The van der Waals surface area contributed by atoms with Crippen molar-refractivity contribution in [1.29, 1.82) is 0 Å². The lowest BCUT2D eigenvalue weighted by molar-refractivity contribution is -0.146. The molecule has 0 radical (unpaired) electrons. The topological polar surface area (TPSA) is 143 Å². The van der Waals surface area contributed by atoms with Crippen molar-refractivity contribution in [2.24, 2.45) is 17.3 Å². The zero-order valence-corrected chi connectivity index (χ0v) is 29.9. The number of carboxylic acids is 1. The quantitative estimate of drug-likeness (QED) is 0.119. The Balaban J connectivity index is 4.36. The number of carbonyl (C=O) groups is 4. The third-order valence-corrected chi connectivity index (χ3v) is 7.72. The van der Waals surface area contributed by atoms with E-state index in [-0.39, 0.29) is 29.2 Å². The van der Waals surface area contributed by atoms with Crippen LogP contribution in [-0.2, 0) is 28.7 Å². The zero-order valence-electron chi connectivity index (χ0n) is 29.9. The molecule has 10 heteroatoms. The highest BCUT2D eigenvalue weighted by Gasteiger charge is 2.32. The van der Waals surface area contributed by atoms with Gasteiger partial charge in [-0.3, -0.25) is 19.2 Å². The van der Waals surface area contributed by atoms with E-state index in [1.54, 1.807) is 13.8 Å². The maximum Gasteiger partial charge on any atom is 0.307 e. The Kier molecular flexibility index (Phi) is 17.9. The van der Waals surface area contributed by atoms with E-state index in [9.17, 15) is 24.3 Å². The minimum absolute atomic E-state index is 0.00872. The number of Topliss-reactive ketones (excluding diaryl/α,β-unsaturated/α-hetero) is 1.